The summed E-state index contributed by atoms with van der Waals surface area (Å²) in [6, 6.07) is 9.08. The van der Waals surface area contributed by atoms with Crippen LogP contribution >= 0.6 is 0 Å². The van der Waals surface area contributed by atoms with Gasteiger partial charge in [-0.05, 0) is 30.5 Å². The Labute approximate surface area is 112 Å². The van der Waals surface area contributed by atoms with Gasteiger partial charge >= 0.3 is 0 Å². The zero-order chi connectivity index (χ0) is 13.7. The molecule has 0 unspecified atom stereocenters. The minimum Gasteiger partial charge on any atom is -0.283 e. The van der Waals surface area contributed by atoms with Gasteiger partial charge in [0.05, 0.1) is 18.2 Å². The number of nitriles is 2. The zero-order valence-corrected chi connectivity index (χ0v) is 10.8. The molecule has 0 spiro atoms. The van der Waals surface area contributed by atoms with E-state index in [0.29, 0.717) is 19.1 Å². The molecule has 98 valence electrons. The predicted octanol–water partition coefficient (Wildman–Crippen LogP) is 2.97. The average molecular weight is 257 g/mol. The number of rotatable bonds is 4. The summed E-state index contributed by atoms with van der Waals surface area (Å²) in [6.45, 7) is 0.983. The molecule has 1 saturated carbocycles. The van der Waals surface area contributed by atoms with Crippen molar-refractivity contribution in [2.45, 2.75) is 38.3 Å². The summed E-state index contributed by atoms with van der Waals surface area (Å²) >= 11 is 0. The molecule has 1 aliphatic rings. The normalized spacial score (nSPS) is 15.4. The van der Waals surface area contributed by atoms with Crippen LogP contribution in [0, 0.1) is 28.5 Å². The van der Waals surface area contributed by atoms with Crippen molar-refractivity contribution in [3.8, 4) is 12.1 Å². The Bertz CT molecular complexity index is 521. The summed E-state index contributed by atoms with van der Waals surface area (Å²) in [5, 5.41) is 17.8. The van der Waals surface area contributed by atoms with Crippen LogP contribution in [0.5, 0.6) is 0 Å². The Kier molecular flexibility index (Phi) is 4.49. The van der Waals surface area contributed by atoms with Gasteiger partial charge in [0.2, 0.25) is 0 Å². The van der Waals surface area contributed by atoms with Gasteiger partial charge in [0.25, 0.3) is 0 Å². The molecule has 1 fully saturated rings. The molecule has 0 atom stereocenters. The summed E-state index contributed by atoms with van der Waals surface area (Å²) < 4.78 is 13.3. The van der Waals surface area contributed by atoms with Crippen molar-refractivity contribution in [2.24, 2.45) is 0 Å². The van der Waals surface area contributed by atoms with Gasteiger partial charge in [-0.2, -0.15) is 10.5 Å². The number of hydrogen-bond donors (Lipinski definition) is 0. The molecule has 0 aromatic heterocycles. The second-order valence-electron chi connectivity index (χ2n) is 4.93. The van der Waals surface area contributed by atoms with Crippen molar-refractivity contribution in [3.05, 3.63) is 35.1 Å². The molecule has 1 aromatic carbocycles. The second-order valence-corrected chi connectivity index (χ2v) is 4.93. The summed E-state index contributed by atoms with van der Waals surface area (Å²) in [5.41, 5.74) is 0.959. The highest BCUT2D eigenvalue weighted by Gasteiger charge is 2.22. The Morgan fingerprint density at radius 3 is 2.63 bits per heavy atom. The van der Waals surface area contributed by atoms with E-state index < -0.39 is 5.82 Å². The molecule has 0 saturated heterocycles. The van der Waals surface area contributed by atoms with Crippen LogP contribution in [0.1, 0.15) is 36.8 Å². The summed E-state index contributed by atoms with van der Waals surface area (Å²) in [5.74, 6) is -0.487. The van der Waals surface area contributed by atoms with Gasteiger partial charge in [-0.1, -0.05) is 18.9 Å². The van der Waals surface area contributed by atoms with E-state index in [1.54, 1.807) is 12.1 Å². The molecule has 0 radical (unpaired) electrons. The molecular formula is C15H16FN3. The lowest BCUT2D eigenvalue weighted by Crippen LogP contribution is -2.33. The first-order chi connectivity index (χ1) is 9.24. The van der Waals surface area contributed by atoms with E-state index in [1.807, 2.05) is 6.07 Å². The van der Waals surface area contributed by atoms with Crippen molar-refractivity contribution in [2.75, 3.05) is 6.54 Å². The minimum atomic E-state index is -0.487. The molecule has 0 amide bonds. The van der Waals surface area contributed by atoms with Crippen LogP contribution in [-0.4, -0.2) is 17.5 Å². The fraction of sp³-hybridized carbons (Fsp3) is 0.467. The minimum absolute atomic E-state index is 0.0702. The van der Waals surface area contributed by atoms with E-state index >= 15 is 0 Å². The van der Waals surface area contributed by atoms with E-state index in [0.717, 1.165) is 18.4 Å². The predicted molar refractivity (Wildman–Crippen MR) is 69.4 cm³/mol. The maximum Gasteiger partial charge on any atom is 0.140 e. The first-order valence-corrected chi connectivity index (χ1v) is 6.54. The highest BCUT2D eigenvalue weighted by molar-refractivity contribution is 5.34. The van der Waals surface area contributed by atoms with Crippen molar-refractivity contribution in [3.63, 3.8) is 0 Å². The lowest BCUT2D eigenvalue weighted by atomic mass is 10.1. The van der Waals surface area contributed by atoms with Gasteiger partial charge in [0.1, 0.15) is 11.9 Å². The Morgan fingerprint density at radius 1 is 1.26 bits per heavy atom. The average Bonchev–Trinajstić information content (AvgIpc) is 2.94. The zero-order valence-electron chi connectivity index (χ0n) is 10.8. The molecule has 0 N–H and O–H groups in total. The molecule has 4 heteroatoms. The Hall–Kier alpha value is -1.91. The highest BCUT2D eigenvalue weighted by atomic mass is 19.1. The van der Waals surface area contributed by atoms with E-state index in [9.17, 15) is 4.39 Å². The van der Waals surface area contributed by atoms with Gasteiger partial charge in [-0.25, -0.2) is 4.39 Å². The van der Waals surface area contributed by atoms with Crippen LogP contribution in [0.15, 0.2) is 18.2 Å². The van der Waals surface area contributed by atoms with E-state index in [2.05, 4.69) is 11.0 Å². The highest BCUT2D eigenvalue weighted by Crippen LogP contribution is 2.25. The molecule has 2 rings (SSSR count). The summed E-state index contributed by atoms with van der Waals surface area (Å²) in [7, 11) is 0. The number of benzene rings is 1. The standard InChI is InChI=1S/C15H16FN3/c16-15-6-5-12(9-13(15)10-18)11-19(8-7-17)14-3-1-2-4-14/h5-6,9,14H,1-4,8,11H2. The summed E-state index contributed by atoms with van der Waals surface area (Å²) in [6.07, 6.45) is 4.65. The topological polar surface area (TPSA) is 50.8 Å². The number of halogens is 1. The van der Waals surface area contributed by atoms with Crippen LogP contribution < -0.4 is 0 Å². The third-order valence-corrected chi connectivity index (χ3v) is 3.65. The summed E-state index contributed by atoms with van der Waals surface area (Å²) in [4.78, 5) is 2.13. The molecular weight excluding hydrogens is 241 g/mol. The van der Waals surface area contributed by atoms with Crippen molar-refractivity contribution >= 4 is 0 Å². The smallest absolute Gasteiger partial charge is 0.140 e. The molecule has 1 aliphatic carbocycles. The fourth-order valence-corrected chi connectivity index (χ4v) is 2.67. The number of nitrogens with zero attached hydrogens (tertiary/aromatic N) is 3. The van der Waals surface area contributed by atoms with Crippen LogP contribution in [0.2, 0.25) is 0 Å². The largest absolute Gasteiger partial charge is 0.283 e. The third kappa shape index (κ3) is 3.30. The first kappa shape index (κ1) is 13.5. The Morgan fingerprint density at radius 2 is 2.00 bits per heavy atom. The monoisotopic (exact) mass is 257 g/mol. The van der Waals surface area contributed by atoms with Gasteiger partial charge in [-0.15, -0.1) is 0 Å². The lowest BCUT2D eigenvalue weighted by Gasteiger charge is -2.26. The first-order valence-electron chi connectivity index (χ1n) is 6.54. The van der Waals surface area contributed by atoms with Crippen LogP contribution in [0.25, 0.3) is 0 Å². The van der Waals surface area contributed by atoms with Crippen LogP contribution in [0.3, 0.4) is 0 Å². The van der Waals surface area contributed by atoms with Crippen molar-refractivity contribution in [1.29, 1.82) is 10.5 Å². The quantitative estimate of drug-likeness (QED) is 0.779. The maximum absolute atomic E-state index is 13.3. The SMILES string of the molecule is N#CCN(Cc1ccc(F)c(C#N)c1)C1CCCC1. The number of hydrogen-bond acceptors (Lipinski definition) is 3. The van der Waals surface area contributed by atoms with E-state index in [4.69, 9.17) is 10.5 Å². The van der Waals surface area contributed by atoms with Crippen LogP contribution in [0.4, 0.5) is 4.39 Å². The molecule has 1 aromatic rings. The molecule has 19 heavy (non-hydrogen) atoms. The van der Waals surface area contributed by atoms with E-state index in [1.165, 1.54) is 18.9 Å². The van der Waals surface area contributed by atoms with Crippen molar-refractivity contribution < 1.29 is 4.39 Å². The van der Waals surface area contributed by atoms with Gasteiger partial charge in [0.15, 0.2) is 0 Å². The van der Waals surface area contributed by atoms with Crippen LogP contribution in [-0.2, 0) is 6.54 Å². The maximum atomic E-state index is 13.3. The van der Waals surface area contributed by atoms with Gasteiger partial charge in [-0.3, -0.25) is 4.90 Å². The Balaban J connectivity index is 2.13. The molecule has 0 bridgehead atoms. The van der Waals surface area contributed by atoms with Gasteiger partial charge in [0, 0.05) is 12.6 Å². The molecule has 3 nitrogen and oxygen atoms in total. The second kappa shape index (κ2) is 6.31. The fourth-order valence-electron chi connectivity index (χ4n) is 2.67. The molecule has 0 aliphatic heterocycles. The molecule has 0 heterocycles. The van der Waals surface area contributed by atoms with Crippen molar-refractivity contribution in [1.82, 2.24) is 4.90 Å². The third-order valence-electron chi connectivity index (χ3n) is 3.65. The van der Waals surface area contributed by atoms with Gasteiger partial charge < -0.3 is 0 Å². The van der Waals surface area contributed by atoms with E-state index in [-0.39, 0.29) is 5.56 Å². The lowest BCUT2D eigenvalue weighted by molar-refractivity contribution is 0.214.